The summed E-state index contributed by atoms with van der Waals surface area (Å²) < 4.78 is 14.6. The van der Waals surface area contributed by atoms with Crippen LogP contribution >= 0.6 is 0 Å². The molecule has 0 N–H and O–H groups in total. The van der Waals surface area contributed by atoms with Crippen LogP contribution < -0.4 is 0 Å². The fourth-order valence-corrected chi connectivity index (χ4v) is 21.5. The Labute approximate surface area is 244 Å². The summed E-state index contributed by atoms with van der Waals surface area (Å²) in [6.45, 7) is 17.9. The highest BCUT2D eigenvalue weighted by molar-refractivity contribution is 6.76. The van der Waals surface area contributed by atoms with Gasteiger partial charge in [-0.2, -0.15) is 0 Å². The molecule has 0 radical (unpaired) electrons. The van der Waals surface area contributed by atoms with Gasteiger partial charge in [-0.25, -0.2) is 0 Å². The fourth-order valence-electron chi connectivity index (χ4n) is 12.5. The second-order valence-corrected chi connectivity index (χ2v) is 26.1. The molecular formula is C35H64O2Si2. The molecule has 2 nitrogen and oxygen atoms in total. The second kappa shape index (κ2) is 10.8. The Hall–Kier alpha value is 0.354. The summed E-state index contributed by atoms with van der Waals surface area (Å²) in [6.07, 6.45) is 19.9. The minimum absolute atomic E-state index is 0.483. The van der Waals surface area contributed by atoms with Crippen molar-refractivity contribution in [2.75, 3.05) is 0 Å². The van der Waals surface area contributed by atoms with Gasteiger partial charge in [-0.1, -0.05) is 67.2 Å². The lowest BCUT2D eigenvalue weighted by Crippen LogP contribution is -2.55. The highest BCUT2D eigenvalue weighted by Gasteiger charge is 2.61. The Morgan fingerprint density at radius 1 is 0.641 bits per heavy atom. The van der Waals surface area contributed by atoms with Crippen molar-refractivity contribution in [2.24, 2.45) is 40.4 Å². The maximum Gasteiger partial charge on any atom is 0.195 e. The van der Waals surface area contributed by atoms with Crippen molar-refractivity contribution in [1.82, 2.24) is 0 Å². The van der Waals surface area contributed by atoms with Gasteiger partial charge < -0.3 is 8.85 Å². The molecule has 39 heavy (non-hydrogen) atoms. The van der Waals surface area contributed by atoms with Gasteiger partial charge in [0.05, 0.1) is 0 Å². The molecule has 0 aromatic carbocycles. The molecule has 6 rings (SSSR count). The summed E-state index contributed by atoms with van der Waals surface area (Å²) in [5.41, 5.74) is 2.68. The van der Waals surface area contributed by atoms with Gasteiger partial charge in [-0.3, -0.25) is 0 Å². The maximum absolute atomic E-state index is 7.32. The topological polar surface area (TPSA) is 18.5 Å². The third-order valence-corrected chi connectivity index (χ3v) is 25.7. The van der Waals surface area contributed by atoms with E-state index in [4.69, 9.17) is 8.85 Å². The first-order valence-corrected chi connectivity index (χ1v) is 22.7. The van der Waals surface area contributed by atoms with E-state index in [0.717, 1.165) is 40.7 Å². The monoisotopic (exact) mass is 572 g/mol. The Morgan fingerprint density at radius 3 is 1.87 bits per heavy atom. The molecule has 0 bridgehead atoms. The molecule has 2 aliphatic heterocycles. The van der Waals surface area contributed by atoms with Crippen molar-refractivity contribution in [3.05, 3.63) is 0 Å². The highest BCUT2D eigenvalue weighted by Crippen LogP contribution is 2.68. The molecule has 4 heteroatoms. The lowest BCUT2D eigenvalue weighted by molar-refractivity contribution is -0.130. The summed E-state index contributed by atoms with van der Waals surface area (Å²) in [5.74, 6) is 4.62. The quantitative estimate of drug-likeness (QED) is 0.282. The van der Waals surface area contributed by atoms with E-state index >= 15 is 0 Å². The van der Waals surface area contributed by atoms with Crippen LogP contribution in [0.15, 0.2) is 0 Å². The van der Waals surface area contributed by atoms with E-state index in [2.05, 4.69) is 48.5 Å². The van der Waals surface area contributed by atoms with E-state index in [1.807, 2.05) is 0 Å². The van der Waals surface area contributed by atoms with E-state index in [1.165, 1.54) is 108 Å². The first-order chi connectivity index (χ1) is 18.5. The lowest BCUT2D eigenvalue weighted by Gasteiger charge is -2.61. The zero-order valence-electron chi connectivity index (χ0n) is 27.0. The maximum atomic E-state index is 7.32. The van der Waals surface area contributed by atoms with Gasteiger partial charge in [0.1, 0.15) is 0 Å². The Balaban J connectivity index is 1.13. The van der Waals surface area contributed by atoms with Crippen LogP contribution in [0.5, 0.6) is 0 Å². The largest absolute Gasteiger partial charge is 0.414 e. The van der Waals surface area contributed by atoms with Crippen molar-refractivity contribution in [1.29, 1.82) is 0 Å². The number of fused-ring (bicyclic) bond motifs is 5. The zero-order valence-corrected chi connectivity index (χ0v) is 29.0. The second-order valence-electron chi connectivity index (χ2n) is 17.1. The van der Waals surface area contributed by atoms with E-state index in [0.29, 0.717) is 23.0 Å². The summed E-state index contributed by atoms with van der Waals surface area (Å²) in [4.78, 5) is 0. The van der Waals surface area contributed by atoms with E-state index < -0.39 is 16.6 Å². The fraction of sp³-hybridized carbons (Fsp3) is 1.00. The molecule has 2 saturated heterocycles. The molecule has 9 atom stereocenters. The molecule has 0 spiro atoms. The van der Waals surface area contributed by atoms with E-state index in [-0.39, 0.29) is 0 Å². The minimum atomic E-state index is -1.54. The predicted octanol–water partition coefficient (Wildman–Crippen LogP) is 10.7. The van der Waals surface area contributed by atoms with Crippen molar-refractivity contribution in [3.8, 4) is 0 Å². The smallest absolute Gasteiger partial charge is 0.195 e. The van der Waals surface area contributed by atoms with Crippen molar-refractivity contribution in [3.63, 3.8) is 0 Å². The van der Waals surface area contributed by atoms with Crippen LogP contribution in [-0.4, -0.2) is 28.8 Å². The van der Waals surface area contributed by atoms with Crippen LogP contribution in [0.3, 0.4) is 0 Å². The first-order valence-electron chi connectivity index (χ1n) is 17.9. The van der Waals surface area contributed by atoms with Crippen molar-refractivity contribution >= 4 is 16.6 Å². The molecule has 224 valence electrons. The molecule has 4 aliphatic carbocycles. The molecule has 0 aromatic rings. The third-order valence-electron chi connectivity index (χ3n) is 15.1. The molecule has 0 amide bonds. The number of hydrogen-bond donors (Lipinski definition) is 0. The number of rotatable bonds is 7. The Morgan fingerprint density at radius 2 is 1.23 bits per heavy atom. The molecular weight excluding hydrogens is 509 g/mol. The van der Waals surface area contributed by atoms with Crippen molar-refractivity contribution < 1.29 is 8.85 Å². The van der Waals surface area contributed by atoms with Crippen LogP contribution in [0.4, 0.5) is 0 Å². The van der Waals surface area contributed by atoms with E-state index in [1.54, 1.807) is 0 Å². The zero-order chi connectivity index (χ0) is 27.6. The van der Waals surface area contributed by atoms with Gasteiger partial charge in [0.25, 0.3) is 0 Å². The third kappa shape index (κ3) is 4.84. The standard InChI is InChI=1S/C35H64O2Si2/c1-25(2)38(20-8-9-21-38)36-27(5)31-14-15-32-30-13-12-28-24-29(37-39(26(3)4)22-10-11-23-39)16-18-34(28,6)33(30)17-19-35(31,32)7/h25-33H,8-24H2,1-7H3/t27-,28-,29-,30?,31-,32?,33?,34+,35-/m1/s1. The van der Waals surface area contributed by atoms with Gasteiger partial charge in [-0.15, -0.1) is 0 Å². The van der Waals surface area contributed by atoms with Crippen LogP contribution in [0.1, 0.15) is 132 Å². The summed E-state index contributed by atoms with van der Waals surface area (Å²) in [6, 6.07) is 5.74. The van der Waals surface area contributed by atoms with Crippen LogP contribution in [0, 0.1) is 40.4 Å². The van der Waals surface area contributed by atoms with Gasteiger partial charge in [0.15, 0.2) is 16.6 Å². The van der Waals surface area contributed by atoms with Crippen molar-refractivity contribution in [2.45, 2.75) is 179 Å². The van der Waals surface area contributed by atoms with Crippen LogP contribution in [0.2, 0.25) is 35.3 Å². The Kier molecular flexibility index (Phi) is 8.16. The highest BCUT2D eigenvalue weighted by atomic mass is 28.4. The molecule has 2 heterocycles. The van der Waals surface area contributed by atoms with Crippen LogP contribution in [0.25, 0.3) is 0 Å². The molecule has 6 fully saturated rings. The van der Waals surface area contributed by atoms with Gasteiger partial charge in [-0.05, 0) is 140 Å². The normalized spacial score (nSPS) is 45.8. The average molecular weight is 573 g/mol. The summed E-state index contributed by atoms with van der Waals surface area (Å²) in [7, 11) is -3.04. The van der Waals surface area contributed by atoms with Gasteiger partial charge in [0.2, 0.25) is 0 Å². The van der Waals surface area contributed by atoms with E-state index in [9.17, 15) is 0 Å². The summed E-state index contributed by atoms with van der Waals surface area (Å²) in [5, 5.41) is 0. The Bertz CT molecular complexity index is 861. The van der Waals surface area contributed by atoms with Gasteiger partial charge >= 0.3 is 0 Å². The average Bonchev–Trinajstić information content (AvgIpc) is 3.63. The molecule has 4 saturated carbocycles. The molecule has 0 aromatic heterocycles. The minimum Gasteiger partial charge on any atom is -0.414 e. The molecule has 3 unspecified atom stereocenters. The van der Waals surface area contributed by atoms with Crippen LogP contribution in [-0.2, 0) is 8.85 Å². The first kappa shape index (κ1) is 29.4. The SMILES string of the molecule is CC(C)[Si]1(O[C@@H]2CC[C@]3(C)C4CC[C@@]5(C)C(CC[C@@H]5[C@@H](C)O[Si]5(C(C)C)CCCC5)C4CC[C@@H]3C2)CCCC1. The predicted molar refractivity (Wildman–Crippen MR) is 170 cm³/mol. The number of hydrogen-bond acceptors (Lipinski definition) is 2. The van der Waals surface area contributed by atoms with Gasteiger partial charge in [0, 0.05) is 12.2 Å². The lowest BCUT2D eigenvalue weighted by atomic mass is 9.44. The molecule has 6 aliphatic rings. The summed E-state index contributed by atoms with van der Waals surface area (Å²) >= 11 is 0.